The first kappa shape index (κ1) is 20.8. The van der Waals surface area contributed by atoms with Crippen LogP contribution in [0.2, 0.25) is 5.02 Å². The van der Waals surface area contributed by atoms with Gasteiger partial charge in [0, 0.05) is 29.7 Å². The van der Waals surface area contributed by atoms with Gasteiger partial charge in [-0.15, -0.1) is 11.3 Å². The summed E-state index contributed by atoms with van der Waals surface area (Å²) in [6, 6.07) is 12.1. The molecule has 1 aliphatic heterocycles. The maximum absolute atomic E-state index is 15.7. The lowest BCUT2D eigenvalue weighted by molar-refractivity contribution is -0.138. The number of aromatic nitrogens is 2. The fourth-order valence-corrected chi connectivity index (χ4v) is 5.21. The summed E-state index contributed by atoms with van der Waals surface area (Å²) in [7, 11) is 0. The molecule has 2 aromatic carbocycles. The maximum Gasteiger partial charge on any atom is 0.326 e. The first-order valence-electron chi connectivity index (χ1n) is 10.3. The average Bonchev–Trinajstić information content (AvgIpc) is 3.44. The van der Waals surface area contributed by atoms with Crippen molar-refractivity contribution in [1.29, 1.82) is 0 Å². The quantitative estimate of drug-likeness (QED) is 0.402. The predicted octanol–water partition coefficient (Wildman–Crippen LogP) is 5.80. The number of rotatable bonds is 5. The topological polar surface area (TPSA) is 66.3 Å². The molecule has 2 aromatic heterocycles. The lowest BCUT2D eigenvalue weighted by Gasteiger charge is -2.22. The number of aliphatic carboxylic acids is 1. The monoisotopic (exact) mass is 467 g/mol. The number of anilines is 1. The maximum atomic E-state index is 15.7. The molecule has 0 amide bonds. The summed E-state index contributed by atoms with van der Waals surface area (Å²) in [4.78, 5) is 22.1. The molecule has 1 unspecified atom stereocenters. The highest BCUT2D eigenvalue weighted by Crippen LogP contribution is 2.36. The molecule has 1 aliphatic rings. The van der Waals surface area contributed by atoms with Crippen molar-refractivity contribution >= 4 is 44.9 Å². The summed E-state index contributed by atoms with van der Waals surface area (Å²) in [6.07, 6.45) is 3.50. The lowest BCUT2D eigenvalue weighted by atomic mass is 9.97. The van der Waals surface area contributed by atoms with Crippen molar-refractivity contribution in [2.75, 3.05) is 11.4 Å². The van der Waals surface area contributed by atoms with E-state index < -0.39 is 12.0 Å². The van der Waals surface area contributed by atoms with Crippen LogP contribution in [0, 0.1) is 5.82 Å². The van der Waals surface area contributed by atoms with Crippen LogP contribution in [0.4, 0.5) is 10.2 Å². The molecule has 4 aromatic rings. The Labute approximate surface area is 193 Å². The molecule has 0 radical (unpaired) electrons. The van der Waals surface area contributed by atoms with Crippen molar-refractivity contribution in [2.45, 2.75) is 25.3 Å². The van der Waals surface area contributed by atoms with Crippen LogP contribution in [0.1, 0.15) is 24.0 Å². The summed E-state index contributed by atoms with van der Waals surface area (Å²) in [6.45, 7) is 0.670. The molecular weight excluding hydrogens is 449 g/mol. The van der Waals surface area contributed by atoms with E-state index in [1.54, 1.807) is 29.9 Å². The number of hydrogen-bond donors (Lipinski definition) is 1. The second-order valence-electron chi connectivity index (χ2n) is 7.83. The Bertz CT molecular complexity index is 1310. The molecule has 8 heteroatoms. The van der Waals surface area contributed by atoms with Gasteiger partial charge < -0.3 is 10.0 Å². The number of thiazole rings is 1. The van der Waals surface area contributed by atoms with Gasteiger partial charge in [-0.3, -0.25) is 0 Å². The molecule has 162 valence electrons. The van der Waals surface area contributed by atoms with Crippen molar-refractivity contribution in [3.63, 3.8) is 0 Å². The molecule has 32 heavy (non-hydrogen) atoms. The van der Waals surface area contributed by atoms with E-state index >= 15 is 4.39 Å². The number of pyridine rings is 1. The predicted molar refractivity (Wildman–Crippen MR) is 125 cm³/mol. The Morgan fingerprint density at radius 1 is 1.25 bits per heavy atom. The zero-order chi connectivity index (χ0) is 22.2. The Morgan fingerprint density at radius 2 is 2.12 bits per heavy atom. The smallest absolute Gasteiger partial charge is 0.326 e. The fourth-order valence-electron chi connectivity index (χ4n) is 4.28. The molecule has 0 saturated carbocycles. The number of benzene rings is 2. The first-order valence-corrected chi connectivity index (χ1v) is 11.5. The normalized spacial score (nSPS) is 16.1. The van der Waals surface area contributed by atoms with Gasteiger partial charge >= 0.3 is 5.97 Å². The summed E-state index contributed by atoms with van der Waals surface area (Å²) in [5.74, 6) is -0.515. The second-order valence-corrected chi connectivity index (χ2v) is 9.15. The molecule has 1 fully saturated rings. The van der Waals surface area contributed by atoms with Gasteiger partial charge in [-0.1, -0.05) is 29.8 Å². The van der Waals surface area contributed by atoms with Crippen molar-refractivity contribution in [3.8, 4) is 11.1 Å². The van der Waals surface area contributed by atoms with Gasteiger partial charge in [-0.25, -0.2) is 19.2 Å². The molecule has 0 aliphatic carbocycles. The van der Waals surface area contributed by atoms with E-state index in [0.717, 1.165) is 16.7 Å². The van der Waals surface area contributed by atoms with Gasteiger partial charge in [0.25, 0.3) is 0 Å². The molecule has 0 spiro atoms. The highest BCUT2D eigenvalue weighted by molar-refractivity contribution is 7.16. The van der Waals surface area contributed by atoms with Crippen LogP contribution in [0.25, 0.3) is 21.3 Å². The molecule has 5 rings (SSSR count). The van der Waals surface area contributed by atoms with Crippen molar-refractivity contribution < 1.29 is 14.3 Å². The van der Waals surface area contributed by atoms with Gasteiger partial charge in [-0.05, 0) is 53.8 Å². The molecule has 3 heterocycles. The summed E-state index contributed by atoms with van der Waals surface area (Å²) in [5, 5.41) is 9.95. The molecule has 0 bridgehead atoms. The van der Waals surface area contributed by atoms with E-state index in [9.17, 15) is 9.90 Å². The zero-order valence-corrected chi connectivity index (χ0v) is 18.5. The summed E-state index contributed by atoms with van der Waals surface area (Å²) < 4.78 is 16.6. The highest BCUT2D eigenvalue weighted by Gasteiger charge is 2.31. The van der Waals surface area contributed by atoms with Crippen molar-refractivity contribution in [3.05, 3.63) is 76.1 Å². The summed E-state index contributed by atoms with van der Waals surface area (Å²) >= 11 is 7.62. The second kappa shape index (κ2) is 8.48. The van der Waals surface area contributed by atoms with Crippen LogP contribution in [0.5, 0.6) is 0 Å². The molecule has 1 saturated heterocycles. The summed E-state index contributed by atoms with van der Waals surface area (Å²) in [5.41, 5.74) is 4.88. The highest BCUT2D eigenvalue weighted by atomic mass is 35.5. The van der Waals surface area contributed by atoms with Crippen LogP contribution in [0.15, 0.2) is 54.2 Å². The van der Waals surface area contributed by atoms with E-state index in [1.165, 1.54) is 11.3 Å². The Balaban J connectivity index is 1.48. The number of hydrogen-bond acceptors (Lipinski definition) is 5. The van der Waals surface area contributed by atoms with Gasteiger partial charge in [0.2, 0.25) is 0 Å². The van der Waals surface area contributed by atoms with E-state index in [2.05, 4.69) is 9.97 Å². The Hall–Kier alpha value is -3.03. The molecular formula is C24H19ClFN3O2S. The SMILES string of the molecule is O=C(O)C1CCCN1c1ccc(Cc2cc3scnc3c(-c3cccc(Cl)c3)c2F)cn1. The van der Waals surface area contributed by atoms with Crippen LogP contribution >= 0.6 is 22.9 Å². The van der Waals surface area contributed by atoms with E-state index in [4.69, 9.17) is 11.6 Å². The zero-order valence-electron chi connectivity index (χ0n) is 17.0. The average molecular weight is 468 g/mol. The van der Waals surface area contributed by atoms with Gasteiger partial charge in [-0.2, -0.15) is 0 Å². The minimum atomic E-state index is -0.832. The largest absolute Gasteiger partial charge is 0.480 e. The third-order valence-corrected chi connectivity index (χ3v) is 6.80. The number of fused-ring (bicyclic) bond motifs is 1. The molecule has 1 N–H and O–H groups in total. The van der Waals surface area contributed by atoms with Crippen LogP contribution in [-0.4, -0.2) is 33.6 Å². The molecule has 1 atom stereocenters. The van der Waals surface area contributed by atoms with Crippen LogP contribution in [0.3, 0.4) is 0 Å². The first-order chi connectivity index (χ1) is 15.5. The van der Waals surface area contributed by atoms with Crippen molar-refractivity contribution in [1.82, 2.24) is 9.97 Å². The standard InChI is InChI=1S/C24H19ClFN3O2S/c25-17-4-1-3-15(10-17)21-22(26)16(11-19-23(21)28-13-32-19)9-14-6-7-20(27-12-14)29-8-2-5-18(29)24(30)31/h1,3-4,6-7,10-13,18H,2,5,8-9H2,(H,30,31). The van der Waals surface area contributed by atoms with E-state index in [0.29, 0.717) is 52.4 Å². The number of carboxylic acids is 1. The number of carboxylic acid groups (broad SMARTS) is 1. The fraction of sp³-hybridized carbons (Fsp3) is 0.208. The molecule has 5 nitrogen and oxygen atoms in total. The number of halogens is 2. The number of nitrogens with zero attached hydrogens (tertiary/aromatic N) is 3. The minimum absolute atomic E-state index is 0.319. The number of carbonyl (C=O) groups is 1. The van der Waals surface area contributed by atoms with Crippen molar-refractivity contribution in [2.24, 2.45) is 0 Å². The van der Waals surface area contributed by atoms with Gasteiger partial charge in [0.05, 0.1) is 15.7 Å². The van der Waals surface area contributed by atoms with Crippen LogP contribution in [-0.2, 0) is 11.2 Å². The Morgan fingerprint density at radius 3 is 2.88 bits per heavy atom. The Kier molecular flexibility index (Phi) is 5.53. The van der Waals surface area contributed by atoms with E-state index in [-0.39, 0.29) is 5.82 Å². The van der Waals surface area contributed by atoms with Crippen LogP contribution < -0.4 is 4.90 Å². The van der Waals surface area contributed by atoms with E-state index in [1.807, 2.05) is 29.2 Å². The van der Waals surface area contributed by atoms with Gasteiger partial charge in [0.1, 0.15) is 17.7 Å². The minimum Gasteiger partial charge on any atom is -0.480 e. The third-order valence-electron chi connectivity index (χ3n) is 5.79. The lowest BCUT2D eigenvalue weighted by Crippen LogP contribution is -2.36. The third kappa shape index (κ3) is 3.82. The van der Waals surface area contributed by atoms with Gasteiger partial charge in [0.15, 0.2) is 0 Å².